The van der Waals surface area contributed by atoms with E-state index in [1.807, 2.05) is 30.3 Å². The third-order valence-electron chi connectivity index (χ3n) is 5.53. The summed E-state index contributed by atoms with van der Waals surface area (Å²) in [5.74, 6) is -1.49. The number of nitrogens with one attached hydrogen (secondary N) is 1. The van der Waals surface area contributed by atoms with Crippen molar-refractivity contribution in [2.24, 2.45) is 5.92 Å². The molecule has 1 amide bonds. The summed E-state index contributed by atoms with van der Waals surface area (Å²) in [6.07, 6.45) is -4.62. The number of alkyl halides is 4. The molecule has 4 rings (SSSR count). The quantitative estimate of drug-likeness (QED) is 0.360. The van der Waals surface area contributed by atoms with Crippen molar-refractivity contribution in [3.63, 3.8) is 0 Å². The van der Waals surface area contributed by atoms with E-state index in [0.717, 1.165) is 10.5 Å². The summed E-state index contributed by atoms with van der Waals surface area (Å²) in [4.78, 5) is 12.8. The number of fused-ring (bicyclic) bond motifs is 1. The number of hydroxylamine groups is 1. The second-order valence-electron chi connectivity index (χ2n) is 7.28. The van der Waals surface area contributed by atoms with E-state index in [4.69, 9.17) is 5.21 Å². The highest BCUT2D eigenvalue weighted by molar-refractivity contribution is 5.84. The summed E-state index contributed by atoms with van der Waals surface area (Å²) in [7, 11) is 0. The van der Waals surface area contributed by atoms with E-state index < -0.39 is 30.8 Å². The molecular weight excluding hydrogens is 378 g/mol. The van der Waals surface area contributed by atoms with Crippen LogP contribution >= 0.6 is 0 Å². The maximum atomic E-state index is 14.7. The van der Waals surface area contributed by atoms with Crippen LogP contribution in [0.4, 0.5) is 17.6 Å². The van der Waals surface area contributed by atoms with E-state index in [9.17, 15) is 22.4 Å². The Morgan fingerprint density at radius 1 is 1.14 bits per heavy atom. The van der Waals surface area contributed by atoms with Crippen LogP contribution in [0.1, 0.15) is 35.0 Å². The summed E-state index contributed by atoms with van der Waals surface area (Å²) < 4.78 is 54.3. The molecule has 1 aliphatic heterocycles. The van der Waals surface area contributed by atoms with Crippen LogP contribution in [0, 0.1) is 5.92 Å². The van der Waals surface area contributed by atoms with E-state index in [2.05, 4.69) is 0 Å². The maximum Gasteiger partial charge on any atom is 0.401 e. The van der Waals surface area contributed by atoms with E-state index in [1.54, 1.807) is 22.3 Å². The highest BCUT2D eigenvalue weighted by Gasteiger charge is 2.56. The van der Waals surface area contributed by atoms with Crippen molar-refractivity contribution in [3.05, 3.63) is 59.4 Å². The fraction of sp³-hybridized carbons (Fsp3) is 0.421. The van der Waals surface area contributed by atoms with Crippen LogP contribution in [0.5, 0.6) is 0 Å². The van der Waals surface area contributed by atoms with Crippen LogP contribution in [0.15, 0.2) is 42.6 Å². The first kappa shape index (κ1) is 18.9. The van der Waals surface area contributed by atoms with Gasteiger partial charge >= 0.3 is 6.18 Å². The summed E-state index contributed by atoms with van der Waals surface area (Å²) in [6, 6.07) is 10.8. The van der Waals surface area contributed by atoms with Gasteiger partial charge in [-0.3, -0.25) is 14.9 Å². The van der Waals surface area contributed by atoms with Gasteiger partial charge in [-0.05, 0) is 17.2 Å². The molecular formula is C19H19F4N3O2. The van der Waals surface area contributed by atoms with Crippen molar-refractivity contribution in [1.29, 1.82) is 0 Å². The molecule has 2 heterocycles. The van der Waals surface area contributed by atoms with Gasteiger partial charge in [0.25, 0.3) is 0 Å². The second-order valence-corrected chi connectivity index (χ2v) is 7.28. The van der Waals surface area contributed by atoms with Crippen molar-refractivity contribution < 1.29 is 27.6 Å². The molecule has 9 heteroatoms. The summed E-state index contributed by atoms with van der Waals surface area (Å²) in [5, 5.41) is 9.04. The van der Waals surface area contributed by atoms with Gasteiger partial charge in [-0.1, -0.05) is 30.3 Å². The zero-order valence-electron chi connectivity index (χ0n) is 14.7. The van der Waals surface area contributed by atoms with Gasteiger partial charge in [0.2, 0.25) is 5.91 Å². The van der Waals surface area contributed by atoms with Crippen LogP contribution in [0.2, 0.25) is 0 Å². The molecule has 5 nitrogen and oxygen atoms in total. The molecule has 1 aromatic carbocycles. The number of benzene rings is 1. The highest BCUT2D eigenvalue weighted by atomic mass is 19.4. The number of carbonyl (C=O) groups is 1. The molecule has 2 aromatic rings. The number of amides is 1. The normalized spacial score (nSPS) is 27.3. The van der Waals surface area contributed by atoms with Crippen LogP contribution in [-0.2, 0) is 11.3 Å². The number of hydrogen-bond acceptors (Lipinski definition) is 3. The Labute approximate surface area is 158 Å². The number of nitrogens with zero attached hydrogens (tertiary/aromatic N) is 2. The highest BCUT2D eigenvalue weighted by Crippen LogP contribution is 2.61. The largest absolute Gasteiger partial charge is 0.401 e. The van der Waals surface area contributed by atoms with Crippen LogP contribution < -0.4 is 5.48 Å². The molecule has 150 valence electrons. The Balaban J connectivity index is 1.61. The van der Waals surface area contributed by atoms with Gasteiger partial charge < -0.3 is 4.57 Å². The van der Waals surface area contributed by atoms with Crippen LogP contribution in [0.3, 0.4) is 0 Å². The molecule has 1 aromatic heterocycles. The first-order chi connectivity index (χ1) is 13.3. The van der Waals surface area contributed by atoms with Crippen molar-refractivity contribution in [2.45, 2.75) is 30.9 Å². The van der Waals surface area contributed by atoms with Gasteiger partial charge in [0.05, 0.1) is 18.2 Å². The van der Waals surface area contributed by atoms with Crippen molar-refractivity contribution in [3.8, 4) is 0 Å². The van der Waals surface area contributed by atoms with Gasteiger partial charge in [-0.25, -0.2) is 9.87 Å². The molecule has 0 bridgehead atoms. The number of hydrogen-bond donors (Lipinski definition) is 2. The predicted octanol–water partition coefficient (Wildman–Crippen LogP) is 3.34. The molecule has 2 N–H and O–H groups in total. The molecule has 1 fully saturated rings. The third kappa shape index (κ3) is 3.40. The fourth-order valence-electron chi connectivity index (χ4n) is 4.27. The minimum absolute atomic E-state index is 0.0465. The zero-order chi connectivity index (χ0) is 20.1. The van der Waals surface area contributed by atoms with Crippen molar-refractivity contribution >= 4 is 5.91 Å². The maximum absolute atomic E-state index is 14.7. The molecule has 4 atom stereocenters. The zero-order valence-corrected chi connectivity index (χ0v) is 14.7. The van der Waals surface area contributed by atoms with Crippen molar-refractivity contribution in [1.82, 2.24) is 14.9 Å². The van der Waals surface area contributed by atoms with Crippen LogP contribution in [-0.4, -0.2) is 39.8 Å². The lowest BCUT2D eigenvalue weighted by atomic mass is 10.1. The molecule has 2 aliphatic rings. The first-order valence-electron chi connectivity index (χ1n) is 8.94. The monoisotopic (exact) mass is 397 g/mol. The van der Waals surface area contributed by atoms with Gasteiger partial charge in [0.1, 0.15) is 0 Å². The molecule has 1 unspecified atom stereocenters. The topological polar surface area (TPSA) is 57.5 Å². The average Bonchev–Trinajstić information content (AvgIpc) is 3.26. The standard InChI is InChI=1S/C19H19F4N3O2/c20-17-13-8-12(9-25(13)6-7-26(17)10-19(21,22)23)15-14(16(15)18(27)24-28)11-4-2-1-3-5-11/h1-5,8-9,14-17,28H,6-7,10H2,(H,24,27)/t14-,15-,16-,17?/m1/s1. The molecule has 28 heavy (non-hydrogen) atoms. The molecule has 0 radical (unpaired) electrons. The lowest BCUT2D eigenvalue weighted by Gasteiger charge is -2.32. The number of carbonyl (C=O) groups excluding carboxylic acids is 1. The van der Waals surface area contributed by atoms with Gasteiger partial charge in [0.15, 0.2) is 6.30 Å². The molecule has 1 aliphatic carbocycles. The van der Waals surface area contributed by atoms with Crippen LogP contribution in [0.25, 0.3) is 0 Å². The lowest BCUT2D eigenvalue weighted by Crippen LogP contribution is -2.41. The SMILES string of the molecule is O=C(NO)[C@@H]1[C@H](c2ccccc2)[C@H]1c1cc2n(c1)CCN(CC(F)(F)F)C2F. The number of halogens is 4. The number of rotatable bonds is 4. The Morgan fingerprint density at radius 3 is 2.46 bits per heavy atom. The van der Waals surface area contributed by atoms with E-state index in [1.165, 1.54) is 0 Å². The molecule has 0 saturated heterocycles. The smallest absolute Gasteiger partial charge is 0.346 e. The average molecular weight is 397 g/mol. The Bertz CT molecular complexity index is 868. The third-order valence-corrected chi connectivity index (χ3v) is 5.53. The minimum atomic E-state index is -4.47. The van der Waals surface area contributed by atoms with Crippen molar-refractivity contribution in [2.75, 3.05) is 13.1 Å². The van der Waals surface area contributed by atoms with Gasteiger partial charge in [0, 0.05) is 31.1 Å². The molecule has 0 spiro atoms. The second kappa shape index (κ2) is 6.89. The molecule has 1 saturated carbocycles. The Hall–Kier alpha value is -2.39. The van der Waals surface area contributed by atoms with E-state index >= 15 is 0 Å². The van der Waals surface area contributed by atoms with Gasteiger partial charge in [-0.15, -0.1) is 0 Å². The van der Waals surface area contributed by atoms with Gasteiger partial charge in [-0.2, -0.15) is 13.2 Å². The Morgan fingerprint density at radius 2 is 1.82 bits per heavy atom. The van der Waals surface area contributed by atoms with E-state index in [-0.39, 0.29) is 30.6 Å². The fourth-order valence-corrected chi connectivity index (χ4v) is 4.27. The minimum Gasteiger partial charge on any atom is -0.346 e. The lowest BCUT2D eigenvalue weighted by molar-refractivity contribution is -0.162. The summed E-state index contributed by atoms with van der Waals surface area (Å²) >= 11 is 0. The number of aromatic nitrogens is 1. The first-order valence-corrected chi connectivity index (χ1v) is 8.94. The summed E-state index contributed by atoms with van der Waals surface area (Å²) in [6.45, 7) is -1.11. The Kier molecular flexibility index (Phi) is 4.67. The van der Waals surface area contributed by atoms with E-state index in [0.29, 0.717) is 5.56 Å². The predicted molar refractivity (Wildman–Crippen MR) is 91.3 cm³/mol. The summed E-state index contributed by atoms with van der Waals surface area (Å²) in [5.41, 5.74) is 3.44.